The van der Waals surface area contributed by atoms with Crippen molar-refractivity contribution in [1.29, 1.82) is 0 Å². The van der Waals surface area contributed by atoms with Crippen molar-refractivity contribution >= 4 is 11.1 Å². The first kappa shape index (κ1) is 15.4. The summed E-state index contributed by atoms with van der Waals surface area (Å²) in [5, 5.41) is 0. The number of rotatable bonds is 4. The summed E-state index contributed by atoms with van der Waals surface area (Å²) in [6, 6.07) is 17.4. The van der Waals surface area contributed by atoms with Crippen LogP contribution in [0.15, 0.2) is 52.9 Å². The van der Waals surface area contributed by atoms with E-state index in [4.69, 9.17) is 9.40 Å². The van der Waals surface area contributed by atoms with Crippen LogP contribution in [0.5, 0.6) is 0 Å². The van der Waals surface area contributed by atoms with Gasteiger partial charge in [-0.2, -0.15) is 0 Å². The first-order chi connectivity index (χ1) is 11.8. The molecular formula is C21H24N2O. The van der Waals surface area contributed by atoms with E-state index in [2.05, 4.69) is 48.2 Å². The molecule has 2 heterocycles. The van der Waals surface area contributed by atoms with Crippen LogP contribution in [0.25, 0.3) is 22.2 Å². The smallest absolute Gasteiger partial charge is 0.196 e. The molecule has 0 bridgehead atoms. The Bertz CT molecular complexity index is 809. The number of oxazole rings is 1. The van der Waals surface area contributed by atoms with Gasteiger partial charge in [0.25, 0.3) is 0 Å². The average molecular weight is 320 g/mol. The lowest BCUT2D eigenvalue weighted by Crippen LogP contribution is -2.38. The Hall–Kier alpha value is -2.13. The van der Waals surface area contributed by atoms with Crippen LogP contribution in [0.4, 0.5) is 0 Å². The molecule has 1 unspecified atom stereocenters. The highest BCUT2D eigenvalue weighted by molar-refractivity contribution is 5.80. The van der Waals surface area contributed by atoms with E-state index in [0.29, 0.717) is 6.04 Å². The summed E-state index contributed by atoms with van der Waals surface area (Å²) in [5.41, 5.74) is 4.24. The van der Waals surface area contributed by atoms with Gasteiger partial charge in [-0.15, -0.1) is 0 Å². The molecule has 1 saturated heterocycles. The third-order valence-electron chi connectivity index (χ3n) is 5.09. The molecule has 1 atom stereocenters. The minimum atomic E-state index is 0.688. The molecule has 0 spiro atoms. The van der Waals surface area contributed by atoms with Crippen LogP contribution in [0.1, 0.15) is 32.1 Å². The number of benzene rings is 2. The summed E-state index contributed by atoms with van der Waals surface area (Å²) < 4.78 is 5.95. The number of aromatic nitrogens is 1. The Morgan fingerprint density at radius 3 is 2.79 bits per heavy atom. The summed E-state index contributed by atoms with van der Waals surface area (Å²) in [7, 11) is 0. The molecule has 4 rings (SSSR count). The number of fused-ring (bicyclic) bond motifs is 1. The first-order valence-electron chi connectivity index (χ1n) is 8.98. The van der Waals surface area contributed by atoms with E-state index in [-0.39, 0.29) is 0 Å². The van der Waals surface area contributed by atoms with E-state index in [9.17, 15) is 0 Å². The van der Waals surface area contributed by atoms with Crippen LogP contribution in [-0.4, -0.2) is 29.0 Å². The fraction of sp³-hybridized carbons (Fsp3) is 0.381. The maximum Gasteiger partial charge on any atom is 0.196 e. The molecule has 0 amide bonds. The molecule has 3 aromatic rings. The Kier molecular flexibility index (Phi) is 4.35. The Morgan fingerprint density at radius 2 is 1.96 bits per heavy atom. The molecule has 0 aliphatic carbocycles. The Morgan fingerprint density at radius 1 is 1.08 bits per heavy atom. The Labute approximate surface area is 143 Å². The van der Waals surface area contributed by atoms with Crippen molar-refractivity contribution in [3.05, 3.63) is 54.4 Å². The third kappa shape index (κ3) is 3.22. The third-order valence-corrected chi connectivity index (χ3v) is 5.09. The maximum atomic E-state index is 5.95. The number of likely N-dealkylation sites (tertiary alicyclic amines) is 1. The molecule has 1 fully saturated rings. The van der Waals surface area contributed by atoms with Gasteiger partial charge < -0.3 is 9.32 Å². The molecule has 1 aliphatic rings. The van der Waals surface area contributed by atoms with Gasteiger partial charge in [-0.05, 0) is 49.6 Å². The van der Waals surface area contributed by atoms with Gasteiger partial charge in [0.05, 0.1) is 0 Å². The fourth-order valence-electron chi connectivity index (χ4n) is 3.62. The van der Waals surface area contributed by atoms with Crippen LogP contribution < -0.4 is 0 Å². The van der Waals surface area contributed by atoms with E-state index in [1.165, 1.54) is 36.9 Å². The van der Waals surface area contributed by atoms with Crippen LogP contribution in [0, 0.1) is 0 Å². The molecule has 124 valence electrons. The summed E-state index contributed by atoms with van der Waals surface area (Å²) in [6.07, 6.45) is 4.88. The van der Waals surface area contributed by atoms with Crippen molar-refractivity contribution in [2.45, 2.75) is 38.6 Å². The molecule has 0 N–H and O–H groups in total. The summed E-state index contributed by atoms with van der Waals surface area (Å²) in [4.78, 5) is 7.28. The van der Waals surface area contributed by atoms with Crippen molar-refractivity contribution in [3.63, 3.8) is 0 Å². The van der Waals surface area contributed by atoms with E-state index in [1.54, 1.807) is 0 Å². The predicted octanol–water partition coefficient (Wildman–Crippen LogP) is 4.91. The van der Waals surface area contributed by atoms with Crippen LogP contribution in [-0.2, 0) is 6.42 Å². The number of hydrogen-bond acceptors (Lipinski definition) is 3. The SMILES string of the molecule is CC1CCCCN1CCc1nc2cc(-c3ccccc3)ccc2o1. The molecule has 2 aromatic carbocycles. The van der Waals surface area contributed by atoms with E-state index < -0.39 is 0 Å². The van der Waals surface area contributed by atoms with Gasteiger partial charge in [-0.1, -0.05) is 42.8 Å². The van der Waals surface area contributed by atoms with Gasteiger partial charge >= 0.3 is 0 Å². The van der Waals surface area contributed by atoms with Gasteiger partial charge in [0.1, 0.15) is 5.52 Å². The molecule has 0 saturated carbocycles. The van der Waals surface area contributed by atoms with Crippen LogP contribution >= 0.6 is 0 Å². The standard InChI is InChI=1S/C21H24N2O/c1-16-7-5-6-13-23(16)14-12-21-22-19-15-18(10-11-20(19)24-21)17-8-3-2-4-9-17/h2-4,8-11,15-16H,5-7,12-14H2,1H3. The van der Waals surface area contributed by atoms with E-state index in [1.807, 2.05) is 12.1 Å². The molecule has 3 nitrogen and oxygen atoms in total. The molecule has 1 aliphatic heterocycles. The second-order valence-electron chi connectivity index (χ2n) is 6.79. The molecule has 24 heavy (non-hydrogen) atoms. The number of hydrogen-bond donors (Lipinski definition) is 0. The van der Waals surface area contributed by atoms with Gasteiger partial charge in [0, 0.05) is 19.0 Å². The van der Waals surface area contributed by atoms with Crippen molar-refractivity contribution in [3.8, 4) is 11.1 Å². The monoisotopic (exact) mass is 320 g/mol. The number of nitrogens with zero attached hydrogens (tertiary/aromatic N) is 2. The molecule has 0 radical (unpaired) electrons. The first-order valence-corrected chi connectivity index (χ1v) is 8.98. The second kappa shape index (κ2) is 6.78. The van der Waals surface area contributed by atoms with Crippen LogP contribution in [0.2, 0.25) is 0 Å². The average Bonchev–Trinajstić information content (AvgIpc) is 3.04. The topological polar surface area (TPSA) is 29.3 Å². The zero-order chi connectivity index (χ0) is 16.4. The van der Waals surface area contributed by atoms with Crippen molar-refractivity contribution < 1.29 is 4.42 Å². The zero-order valence-corrected chi connectivity index (χ0v) is 14.2. The van der Waals surface area contributed by atoms with Crippen molar-refractivity contribution in [2.75, 3.05) is 13.1 Å². The highest BCUT2D eigenvalue weighted by Gasteiger charge is 2.18. The minimum absolute atomic E-state index is 0.688. The minimum Gasteiger partial charge on any atom is -0.441 e. The normalized spacial score (nSPS) is 19.0. The summed E-state index contributed by atoms with van der Waals surface area (Å²) >= 11 is 0. The Balaban J connectivity index is 1.51. The lowest BCUT2D eigenvalue weighted by atomic mass is 10.0. The van der Waals surface area contributed by atoms with Crippen molar-refractivity contribution in [2.24, 2.45) is 0 Å². The number of piperidine rings is 1. The fourth-order valence-corrected chi connectivity index (χ4v) is 3.62. The molecule has 1 aromatic heterocycles. The van der Waals surface area contributed by atoms with Gasteiger partial charge in [-0.3, -0.25) is 0 Å². The lowest BCUT2D eigenvalue weighted by Gasteiger charge is -2.32. The maximum absolute atomic E-state index is 5.95. The lowest BCUT2D eigenvalue weighted by molar-refractivity contribution is 0.160. The largest absolute Gasteiger partial charge is 0.441 e. The van der Waals surface area contributed by atoms with E-state index >= 15 is 0 Å². The quantitative estimate of drug-likeness (QED) is 0.684. The second-order valence-corrected chi connectivity index (χ2v) is 6.79. The van der Waals surface area contributed by atoms with E-state index in [0.717, 1.165) is 30.0 Å². The summed E-state index contributed by atoms with van der Waals surface area (Å²) in [5.74, 6) is 0.855. The highest BCUT2D eigenvalue weighted by atomic mass is 16.3. The van der Waals surface area contributed by atoms with Gasteiger partial charge in [0.15, 0.2) is 11.5 Å². The zero-order valence-electron chi connectivity index (χ0n) is 14.2. The van der Waals surface area contributed by atoms with Gasteiger partial charge in [-0.25, -0.2) is 4.98 Å². The van der Waals surface area contributed by atoms with Gasteiger partial charge in [0.2, 0.25) is 0 Å². The summed E-state index contributed by atoms with van der Waals surface area (Å²) in [6.45, 7) is 4.58. The highest BCUT2D eigenvalue weighted by Crippen LogP contribution is 2.25. The van der Waals surface area contributed by atoms with Crippen molar-refractivity contribution in [1.82, 2.24) is 9.88 Å². The predicted molar refractivity (Wildman–Crippen MR) is 98.0 cm³/mol. The van der Waals surface area contributed by atoms with Crippen LogP contribution in [0.3, 0.4) is 0 Å². The molecular weight excluding hydrogens is 296 g/mol. The molecule has 3 heteroatoms.